The Morgan fingerprint density at radius 3 is 2.31 bits per heavy atom. The number of carbonyl (C=O) groups excluding carboxylic acids is 2. The van der Waals surface area contributed by atoms with E-state index >= 15 is 0 Å². The number of benzene rings is 2. The molecule has 0 saturated carbocycles. The normalized spacial score (nSPS) is 10.9. The molecule has 0 aliphatic rings. The van der Waals surface area contributed by atoms with Gasteiger partial charge in [0.1, 0.15) is 5.70 Å². The summed E-state index contributed by atoms with van der Waals surface area (Å²) in [7, 11) is 0. The molecule has 2 aromatic rings. The summed E-state index contributed by atoms with van der Waals surface area (Å²) in [6.45, 7) is 7.17. The minimum absolute atomic E-state index is 0.00850. The maximum Gasteiger partial charge on any atom is 0.272 e. The summed E-state index contributed by atoms with van der Waals surface area (Å²) < 4.78 is 0. The summed E-state index contributed by atoms with van der Waals surface area (Å²) in [4.78, 5) is 36.8. The van der Waals surface area contributed by atoms with Gasteiger partial charge >= 0.3 is 0 Å². The van der Waals surface area contributed by atoms with E-state index in [2.05, 4.69) is 29.4 Å². The van der Waals surface area contributed by atoms with Gasteiger partial charge in [-0.05, 0) is 49.8 Å². The maximum atomic E-state index is 12.7. The minimum atomic E-state index is -0.526. The van der Waals surface area contributed by atoms with Gasteiger partial charge in [-0.1, -0.05) is 12.1 Å². The highest BCUT2D eigenvalue weighted by Gasteiger charge is 2.13. The summed E-state index contributed by atoms with van der Waals surface area (Å²) in [6.07, 6.45) is 1.40. The molecular formula is C21H24N4O4. The van der Waals surface area contributed by atoms with E-state index in [1.54, 1.807) is 18.2 Å². The van der Waals surface area contributed by atoms with E-state index in [-0.39, 0.29) is 11.4 Å². The number of nitro groups is 1. The van der Waals surface area contributed by atoms with Crippen LogP contribution in [0.3, 0.4) is 0 Å². The Morgan fingerprint density at radius 2 is 1.76 bits per heavy atom. The zero-order chi connectivity index (χ0) is 21.4. The Hall–Kier alpha value is -3.68. The Kier molecular flexibility index (Phi) is 7.47. The highest BCUT2D eigenvalue weighted by atomic mass is 16.6. The molecule has 2 rings (SSSR count). The van der Waals surface area contributed by atoms with Gasteiger partial charge in [-0.2, -0.15) is 0 Å². The van der Waals surface area contributed by atoms with E-state index in [0.29, 0.717) is 11.3 Å². The van der Waals surface area contributed by atoms with Crippen LogP contribution < -0.4 is 15.5 Å². The van der Waals surface area contributed by atoms with Crippen LogP contribution in [0.25, 0.3) is 6.08 Å². The summed E-state index contributed by atoms with van der Waals surface area (Å²) >= 11 is 0. The maximum absolute atomic E-state index is 12.7. The van der Waals surface area contributed by atoms with Gasteiger partial charge in [-0.15, -0.1) is 0 Å². The SMILES string of the molecule is CCN(CC)c1ccc(NC(=O)/C(=C\c2cccc([N+](=O)[O-])c2)NC(C)=O)cc1. The van der Waals surface area contributed by atoms with E-state index in [4.69, 9.17) is 0 Å². The number of carbonyl (C=O) groups is 2. The number of anilines is 2. The number of nitrogens with zero attached hydrogens (tertiary/aromatic N) is 2. The molecule has 0 saturated heterocycles. The lowest BCUT2D eigenvalue weighted by atomic mass is 10.1. The first-order valence-electron chi connectivity index (χ1n) is 9.24. The molecule has 0 radical (unpaired) electrons. The number of hydrogen-bond donors (Lipinski definition) is 2. The van der Waals surface area contributed by atoms with Gasteiger partial charge in [0.05, 0.1) is 4.92 Å². The molecule has 0 aromatic heterocycles. The van der Waals surface area contributed by atoms with E-state index in [0.717, 1.165) is 18.8 Å². The van der Waals surface area contributed by atoms with Crippen molar-refractivity contribution in [2.24, 2.45) is 0 Å². The molecule has 0 aliphatic carbocycles. The Balaban J connectivity index is 2.24. The molecule has 0 atom stereocenters. The molecule has 0 heterocycles. The highest BCUT2D eigenvalue weighted by Crippen LogP contribution is 2.19. The lowest BCUT2D eigenvalue weighted by Gasteiger charge is -2.21. The van der Waals surface area contributed by atoms with Crippen molar-refractivity contribution in [2.45, 2.75) is 20.8 Å². The first-order valence-corrected chi connectivity index (χ1v) is 9.24. The van der Waals surface area contributed by atoms with Crippen LogP contribution >= 0.6 is 0 Å². The lowest BCUT2D eigenvalue weighted by Crippen LogP contribution is -2.29. The number of non-ortho nitro benzene ring substituents is 1. The number of amides is 2. The zero-order valence-electron chi connectivity index (χ0n) is 16.6. The standard InChI is InChI=1S/C21H24N4O4/c1-4-24(5-2)18-11-9-17(10-12-18)23-21(27)20(22-15(3)26)14-16-7-6-8-19(13-16)25(28)29/h6-14H,4-5H2,1-3H3,(H,22,26)(H,23,27)/b20-14+. The number of hydrogen-bond acceptors (Lipinski definition) is 5. The van der Waals surface area contributed by atoms with Gasteiger partial charge in [0.2, 0.25) is 5.91 Å². The Bertz CT molecular complexity index is 919. The molecule has 8 heteroatoms. The van der Waals surface area contributed by atoms with E-state index in [1.807, 2.05) is 12.1 Å². The van der Waals surface area contributed by atoms with E-state index < -0.39 is 16.7 Å². The fourth-order valence-electron chi connectivity index (χ4n) is 2.79. The van der Waals surface area contributed by atoms with Crippen molar-refractivity contribution in [1.29, 1.82) is 0 Å². The fourth-order valence-corrected chi connectivity index (χ4v) is 2.79. The predicted octanol–water partition coefficient (Wildman–Crippen LogP) is 3.56. The van der Waals surface area contributed by atoms with Crippen LogP contribution in [0.1, 0.15) is 26.3 Å². The molecular weight excluding hydrogens is 372 g/mol. The first-order chi connectivity index (χ1) is 13.8. The van der Waals surface area contributed by atoms with Gasteiger partial charge in [0.15, 0.2) is 0 Å². The van der Waals surface area contributed by atoms with Crippen LogP contribution in [-0.4, -0.2) is 29.8 Å². The first kappa shape index (κ1) is 21.6. The molecule has 0 bridgehead atoms. The number of nitro benzene ring substituents is 1. The third kappa shape index (κ3) is 6.17. The van der Waals surface area contributed by atoms with Crippen LogP contribution in [0.15, 0.2) is 54.2 Å². The molecule has 29 heavy (non-hydrogen) atoms. The zero-order valence-corrected chi connectivity index (χ0v) is 16.6. The molecule has 2 amide bonds. The van der Waals surface area contributed by atoms with Crippen molar-refractivity contribution < 1.29 is 14.5 Å². The third-order valence-electron chi connectivity index (χ3n) is 4.20. The third-order valence-corrected chi connectivity index (χ3v) is 4.20. The average molecular weight is 396 g/mol. The van der Waals surface area contributed by atoms with Crippen molar-refractivity contribution in [2.75, 3.05) is 23.3 Å². The lowest BCUT2D eigenvalue weighted by molar-refractivity contribution is -0.384. The molecule has 2 aromatic carbocycles. The second-order valence-corrected chi connectivity index (χ2v) is 6.26. The second-order valence-electron chi connectivity index (χ2n) is 6.26. The summed E-state index contributed by atoms with van der Waals surface area (Å²) in [5, 5.41) is 16.2. The van der Waals surface area contributed by atoms with Crippen molar-refractivity contribution in [3.63, 3.8) is 0 Å². The van der Waals surface area contributed by atoms with Gasteiger partial charge in [-0.3, -0.25) is 19.7 Å². The number of nitrogens with one attached hydrogen (secondary N) is 2. The van der Waals surface area contributed by atoms with Crippen LogP contribution in [0.5, 0.6) is 0 Å². The topological polar surface area (TPSA) is 105 Å². The van der Waals surface area contributed by atoms with Crippen LogP contribution in [-0.2, 0) is 9.59 Å². The second kappa shape index (κ2) is 10.0. The van der Waals surface area contributed by atoms with E-state index in [9.17, 15) is 19.7 Å². The number of rotatable bonds is 8. The quantitative estimate of drug-likeness (QED) is 0.403. The molecule has 0 unspecified atom stereocenters. The monoisotopic (exact) mass is 396 g/mol. The predicted molar refractivity (Wildman–Crippen MR) is 114 cm³/mol. The molecule has 0 spiro atoms. The summed E-state index contributed by atoms with van der Waals surface area (Å²) in [5.41, 5.74) is 1.93. The van der Waals surface area contributed by atoms with Crippen LogP contribution in [0, 0.1) is 10.1 Å². The Labute approximate surface area is 169 Å². The van der Waals surface area contributed by atoms with Crippen LogP contribution in [0.2, 0.25) is 0 Å². The molecule has 0 aliphatic heterocycles. The molecule has 2 N–H and O–H groups in total. The van der Waals surface area contributed by atoms with Gasteiger partial charge in [-0.25, -0.2) is 0 Å². The van der Waals surface area contributed by atoms with Gasteiger partial charge in [0.25, 0.3) is 11.6 Å². The molecule has 8 nitrogen and oxygen atoms in total. The van der Waals surface area contributed by atoms with Crippen molar-refractivity contribution in [3.8, 4) is 0 Å². The summed E-state index contributed by atoms with van der Waals surface area (Å²) in [5.74, 6) is -0.948. The smallest absolute Gasteiger partial charge is 0.272 e. The molecule has 152 valence electrons. The van der Waals surface area contributed by atoms with E-state index in [1.165, 1.54) is 31.2 Å². The van der Waals surface area contributed by atoms with Gasteiger partial charge < -0.3 is 15.5 Å². The van der Waals surface area contributed by atoms with Crippen molar-refractivity contribution >= 4 is 35.0 Å². The average Bonchev–Trinajstić information content (AvgIpc) is 2.69. The fraction of sp³-hybridized carbons (Fsp3) is 0.238. The van der Waals surface area contributed by atoms with Gasteiger partial charge in [0, 0.05) is 43.5 Å². The van der Waals surface area contributed by atoms with Crippen LogP contribution in [0.4, 0.5) is 17.1 Å². The van der Waals surface area contributed by atoms with Crippen molar-refractivity contribution in [1.82, 2.24) is 5.32 Å². The molecule has 0 fully saturated rings. The Morgan fingerprint density at radius 1 is 1.10 bits per heavy atom. The largest absolute Gasteiger partial charge is 0.372 e. The van der Waals surface area contributed by atoms with Crippen molar-refractivity contribution in [3.05, 3.63) is 69.9 Å². The highest BCUT2D eigenvalue weighted by molar-refractivity contribution is 6.08. The summed E-state index contributed by atoms with van der Waals surface area (Å²) in [6, 6.07) is 13.2. The minimum Gasteiger partial charge on any atom is -0.372 e.